The highest BCUT2D eigenvalue weighted by Gasteiger charge is 2.38. The third-order valence-electron chi connectivity index (χ3n) is 7.84. The Hall–Kier alpha value is -2.69. The van der Waals surface area contributed by atoms with Crippen LogP contribution in [0.4, 0.5) is 20.8 Å². The second-order valence-corrected chi connectivity index (χ2v) is 10.2. The molecule has 1 saturated heterocycles. The van der Waals surface area contributed by atoms with Gasteiger partial charge in [0, 0.05) is 31.7 Å². The van der Waals surface area contributed by atoms with Gasteiger partial charge in [-0.05, 0) is 39.2 Å². The third-order valence-corrected chi connectivity index (χ3v) is 7.84. The Bertz CT molecular complexity index is 911. The minimum absolute atomic E-state index is 0.0141. The van der Waals surface area contributed by atoms with E-state index in [-0.39, 0.29) is 30.1 Å². The Labute approximate surface area is 206 Å². The summed E-state index contributed by atoms with van der Waals surface area (Å²) in [5.41, 5.74) is 5.25. The smallest absolute Gasteiger partial charge is 0.404 e. The van der Waals surface area contributed by atoms with Crippen LogP contribution in [0.1, 0.15) is 63.6 Å². The third kappa shape index (κ3) is 6.12. The zero-order valence-corrected chi connectivity index (χ0v) is 20.7. The summed E-state index contributed by atoms with van der Waals surface area (Å²) in [6.45, 7) is 3.24. The number of carboxylic acid groups (broad SMARTS) is 1. The molecule has 35 heavy (non-hydrogen) atoms. The van der Waals surface area contributed by atoms with Crippen molar-refractivity contribution in [3.63, 3.8) is 0 Å². The number of carbonyl (C=O) groups excluding carboxylic acids is 1. The second-order valence-electron chi connectivity index (χ2n) is 10.2. The molecule has 2 unspecified atom stereocenters. The van der Waals surface area contributed by atoms with Gasteiger partial charge in [-0.2, -0.15) is 4.39 Å². The van der Waals surface area contributed by atoms with E-state index in [4.69, 9.17) is 5.11 Å². The molecule has 3 fully saturated rings. The lowest BCUT2D eigenvalue weighted by atomic mass is 9.86. The van der Waals surface area contributed by atoms with Crippen LogP contribution in [-0.2, 0) is 4.79 Å². The summed E-state index contributed by atoms with van der Waals surface area (Å²) in [7, 11) is 2.13. The molecule has 0 aromatic carbocycles. The Morgan fingerprint density at radius 2 is 1.77 bits per heavy atom. The van der Waals surface area contributed by atoms with E-state index in [0.29, 0.717) is 30.7 Å². The number of hydrogen-bond donors (Lipinski definition) is 4. The van der Waals surface area contributed by atoms with Gasteiger partial charge in [-0.3, -0.25) is 20.5 Å². The largest absolute Gasteiger partial charge is 0.465 e. The first kappa shape index (κ1) is 25.4. The Kier molecular flexibility index (Phi) is 8.25. The van der Waals surface area contributed by atoms with Crippen LogP contribution < -0.4 is 21.1 Å². The number of carbonyl (C=O) groups is 2. The molecule has 2 aliphatic carbocycles. The summed E-state index contributed by atoms with van der Waals surface area (Å²) in [4.78, 5) is 37.0. The number of nitrogens with zero attached hydrogens (tertiary/aromatic N) is 4. The molecule has 3 atom stereocenters. The fraction of sp³-hybridized carbons (Fsp3) is 0.750. The number of hydrogen-bond acceptors (Lipinski definition) is 7. The number of fused-ring (bicyclic) bond motifs is 1. The molecule has 2 heterocycles. The standard InChI is InChI=1S/C24H38FN7O3/c1-15-27-21(29-30-23(33)17(14-26-24(34)35)13-16-7-3-4-8-16)20(25)22(28-15)32-12-11-31(2)18-9-5-6-10-19(18)32/h16-19,26H,3-14H2,1-2H3,(H,30,33)(H,34,35)(H,27,28,29)/t17-,18?,19?/m1/s1. The van der Waals surface area contributed by atoms with Gasteiger partial charge in [0.15, 0.2) is 11.6 Å². The maximum atomic E-state index is 15.6. The molecule has 1 aliphatic heterocycles. The molecule has 3 aliphatic rings. The number of anilines is 2. The highest BCUT2D eigenvalue weighted by Crippen LogP contribution is 2.34. The van der Waals surface area contributed by atoms with E-state index in [2.05, 4.69) is 43.0 Å². The zero-order valence-electron chi connectivity index (χ0n) is 20.7. The molecule has 4 rings (SSSR count). The molecule has 4 N–H and O–H groups in total. The number of piperazine rings is 1. The van der Waals surface area contributed by atoms with Gasteiger partial charge in [0.25, 0.3) is 0 Å². The molecular formula is C24H38FN7O3. The number of nitrogens with one attached hydrogen (secondary N) is 3. The van der Waals surface area contributed by atoms with Crippen LogP contribution in [0.3, 0.4) is 0 Å². The summed E-state index contributed by atoms with van der Waals surface area (Å²) in [5.74, 6) is -0.498. The molecule has 2 saturated carbocycles. The number of aromatic nitrogens is 2. The first-order valence-corrected chi connectivity index (χ1v) is 12.9. The zero-order chi connectivity index (χ0) is 24.9. The summed E-state index contributed by atoms with van der Waals surface area (Å²) in [5, 5.41) is 11.3. The van der Waals surface area contributed by atoms with E-state index >= 15 is 4.39 Å². The van der Waals surface area contributed by atoms with E-state index in [1.54, 1.807) is 6.92 Å². The quantitative estimate of drug-likeness (QED) is 0.410. The summed E-state index contributed by atoms with van der Waals surface area (Å²) in [6, 6.07) is 0.577. The van der Waals surface area contributed by atoms with Crippen LogP contribution in [0.2, 0.25) is 0 Å². The number of hydrazine groups is 1. The van der Waals surface area contributed by atoms with Gasteiger partial charge in [-0.25, -0.2) is 14.8 Å². The minimum Gasteiger partial charge on any atom is -0.465 e. The van der Waals surface area contributed by atoms with Gasteiger partial charge >= 0.3 is 6.09 Å². The maximum Gasteiger partial charge on any atom is 0.404 e. The molecule has 0 radical (unpaired) electrons. The number of rotatable bonds is 8. The van der Waals surface area contributed by atoms with Crippen molar-refractivity contribution < 1.29 is 19.1 Å². The van der Waals surface area contributed by atoms with E-state index in [9.17, 15) is 9.59 Å². The van der Waals surface area contributed by atoms with Gasteiger partial charge in [0.05, 0.1) is 5.92 Å². The first-order chi connectivity index (χ1) is 16.8. The highest BCUT2D eigenvalue weighted by atomic mass is 19.1. The van der Waals surface area contributed by atoms with Crippen molar-refractivity contribution in [1.82, 2.24) is 25.6 Å². The average molecular weight is 492 g/mol. The molecule has 10 nitrogen and oxygen atoms in total. The lowest BCUT2D eigenvalue weighted by Gasteiger charge is -2.49. The normalized spacial score (nSPS) is 24.0. The fourth-order valence-electron chi connectivity index (χ4n) is 6.01. The van der Waals surface area contributed by atoms with E-state index in [0.717, 1.165) is 51.5 Å². The first-order valence-electron chi connectivity index (χ1n) is 12.9. The van der Waals surface area contributed by atoms with Crippen molar-refractivity contribution in [1.29, 1.82) is 0 Å². The van der Waals surface area contributed by atoms with Gasteiger partial charge in [0.2, 0.25) is 11.7 Å². The van der Waals surface area contributed by atoms with Crippen molar-refractivity contribution in [3.8, 4) is 0 Å². The van der Waals surface area contributed by atoms with Crippen molar-refractivity contribution in [3.05, 3.63) is 11.6 Å². The van der Waals surface area contributed by atoms with Crippen LogP contribution in [0.25, 0.3) is 0 Å². The summed E-state index contributed by atoms with van der Waals surface area (Å²) in [6.07, 6.45) is 8.16. The van der Waals surface area contributed by atoms with Crippen molar-refractivity contribution in [2.75, 3.05) is 37.0 Å². The summed E-state index contributed by atoms with van der Waals surface area (Å²) >= 11 is 0. The lowest BCUT2D eigenvalue weighted by molar-refractivity contribution is -0.124. The van der Waals surface area contributed by atoms with Gasteiger partial charge in [0.1, 0.15) is 5.82 Å². The van der Waals surface area contributed by atoms with Gasteiger partial charge in [-0.15, -0.1) is 0 Å². The minimum atomic E-state index is -1.17. The topological polar surface area (TPSA) is 123 Å². The van der Waals surface area contributed by atoms with Crippen LogP contribution in [0.5, 0.6) is 0 Å². The molecule has 0 spiro atoms. The van der Waals surface area contributed by atoms with Crippen LogP contribution >= 0.6 is 0 Å². The van der Waals surface area contributed by atoms with Gasteiger partial charge < -0.3 is 15.3 Å². The molecular weight excluding hydrogens is 453 g/mol. The Morgan fingerprint density at radius 1 is 1.09 bits per heavy atom. The monoisotopic (exact) mass is 491 g/mol. The van der Waals surface area contributed by atoms with Crippen LogP contribution in [0.15, 0.2) is 0 Å². The van der Waals surface area contributed by atoms with E-state index in [1.807, 2.05) is 0 Å². The lowest BCUT2D eigenvalue weighted by Crippen LogP contribution is -2.60. The number of likely N-dealkylation sites (N-methyl/N-ethyl adjacent to an activating group) is 1. The van der Waals surface area contributed by atoms with Crippen molar-refractivity contribution >= 4 is 23.6 Å². The van der Waals surface area contributed by atoms with E-state index < -0.39 is 17.8 Å². The number of aryl methyl sites for hydroxylation is 1. The molecule has 2 amide bonds. The number of halogens is 1. The Morgan fingerprint density at radius 3 is 2.49 bits per heavy atom. The van der Waals surface area contributed by atoms with Crippen LogP contribution in [-0.4, -0.2) is 70.7 Å². The molecule has 1 aromatic heterocycles. The molecule has 1 aromatic rings. The van der Waals surface area contributed by atoms with E-state index in [1.165, 1.54) is 6.42 Å². The summed E-state index contributed by atoms with van der Waals surface area (Å²) < 4.78 is 15.6. The Balaban J connectivity index is 1.47. The van der Waals surface area contributed by atoms with Gasteiger partial charge in [-0.1, -0.05) is 38.5 Å². The van der Waals surface area contributed by atoms with Crippen molar-refractivity contribution in [2.45, 2.75) is 76.8 Å². The predicted octanol–water partition coefficient (Wildman–Crippen LogP) is 2.89. The maximum absolute atomic E-state index is 15.6. The molecule has 194 valence electrons. The SMILES string of the molecule is Cc1nc(NNC(=O)[C@@H](CNC(=O)O)CC2CCCC2)c(F)c(N2CCN(C)C3CCCCC32)n1. The fourth-order valence-corrected chi connectivity index (χ4v) is 6.01. The molecule has 0 bridgehead atoms. The van der Waals surface area contributed by atoms with Crippen molar-refractivity contribution in [2.24, 2.45) is 11.8 Å². The average Bonchev–Trinajstić information content (AvgIpc) is 3.35. The van der Waals surface area contributed by atoms with Crippen LogP contribution in [0, 0.1) is 24.6 Å². The second kappa shape index (κ2) is 11.4. The molecule has 11 heteroatoms. The number of amides is 2. The highest BCUT2D eigenvalue weighted by molar-refractivity contribution is 5.80. The predicted molar refractivity (Wildman–Crippen MR) is 131 cm³/mol.